The fraction of sp³-hybridized carbons (Fsp3) is 0.538. The van der Waals surface area contributed by atoms with Crippen molar-refractivity contribution >= 4 is 5.69 Å². The number of aliphatic hydroxyl groups excluding tert-OH is 1. The first-order valence-corrected chi connectivity index (χ1v) is 5.87. The standard InChI is InChI=1S/C13H17NO4/c1-7-8(2)12-9(5-13(3,4)18-12)10(6-15)11(7)14(16)17/h15H,5-6H2,1-4H3. The molecule has 0 spiro atoms. The Kier molecular flexibility index (Phi) is 2.81. The molecule has 1 aliphatic heterocycles. The highest BCUT2D eigenvalue weighted by atomic mass is 16.6. The third-order valence-corrected chi connectivity index (χ3v) is 3.50. The molecule has 2 rings (SSSR count). The van der Waals surface area contributed by atoms with Crippen molar-refractivity contribution < 1.29 is 14.8 Å². The lowest BCUT2D eigenvalue weighted by molar-refractivity contribution is -0.386. The van der Waals surface area contributed by atoms with Gasteiger partial charge in [0.1, 0.15) is 11.4 Å². The number of nitrogens with zero attached hydrogens (tertiary/aromatic N) is 1. The Balaban J connectivity index is 2.77. The summed E-state index contributed by atoms with van der Waals surface area (Å²) >= 11 is 0. The van der Waals surface area contributed by atoms with Crippen molar-refractivity contribution in [2.45, 2.75) is 46.3 Å². The molecule has 1 aromatic carbocycles. The zero-order chi connectivity index (χ0) is 13.7. The largest absolute Gasteiger partial charge is 0.487 e. The molecule has 5 nitrogen and oxygen atoms in total. The van der Waals surface area contributed by atoms with Gasteiger partial charge < -0.3 is 9.84 Å². The van der Waals surface area contributed by atoms with Gasteiger partial charge in [-0.05, 0) is 27.7 Å². The second-order valence-corrected chi connectivity index (χ2v) is 5.34. The molecule has 0 unspecified atom stereocenters. The molecule has 18 heavy (non-hydrogen) atoms. The van der Waals surface area contributed by atoms with Crippen molar-refractivity contribution in [2.75, 3.05) is 0 Å². The topological polar surface area (TPSA) is 72.6 Å². The Hall–Kier alpha value is -1.62. The minimum Gasteiger partial charge on any atom is -0.487 e. The summed E-state index contributed by atoms with van der Waals surface area (Å²) in [5.74, 6) is 0.701. The molecule has 0 aromatic heterocycles. The average Bonchev–Trinajstić information content (AvgIpc) is 2.58. The summed E-state index contributed by atoms with van der Waals surface area (Å²) in [6.45, 7) is 7.06. The minimum absolute atomic E-state index is 0.0232. The van der Waals surface area contributed by atoms with E-state index in [1.807, 2.05) is 20.8 Å². The Morgan fingerprint density at radius 3 is 2.50 bits per heavy atom. The smallest absolute Gasteiger partial charge is 0.278 e. The summed E-state index contributed by atoms with van der Waals surface area (Å²) in [7, 11) is 0. The fourth-order valence-corrected chi connectivity index (χ4v) is 2.56. The van der Waals surface area contributed by atoms with E-state index in [0.29, 0.717) is 23.3 Å². The number of ether oxygens (including phenoxy) is 1. The van der Waals surface area contributed by atoms with Gasteiger partial charge in [0.2, 0.25) is 0 Å². The average molecular weight is 251 g/mol. The first-order chi connectivity index (χ1) is 8.28. The van der Waals surface area contributed by atoms with E-state index in [2.05, 4.69) is 0 Å². The van der Waals surface area contributed by atoms with Crippen LogP contribution in [0.3, 0.4) is 0 Å². The molecule has 1 aliphatic rings. The molecule has 0 saturated heterocycles. The van der Waals surface area contributed by atoms with Gasteiger partial charge in [0.25, 0.3) is 5.69 Å². The van der Waals surface area contributed by atoms with Crippen LogP contribution in [0.5, 0.6) is 5.75 Å². The van der Waals surface area contributed by atoms with Crippen LogP contribution >= 0.6 is 0 Å². The van der Waals surface area contributed by atoms with Crippen molar-refractivity contribution in [1.82, 2.24) is 0 Å². The molecule has 0 aliphatic carbocycles. The van der Waals surface area contributed by atoms with Crippen LogP contribution in [-0.4, -0.2) is 15.6 Å². The van der Waals surface area contributed by atoms with Gasteiger partial charge in [0.05, 0.1) is 17.1 Å². The molecular weight excluding hydrogens is 234 g/mol. The molecule has 1 heterocycles. The summed E-state index contributed by atoms with van der Waals surface area (Å²) in [5, 5.41) is 20.6. The monoisotopic (exact) mass is 251 g/mol. The van der Waals surface area contributed by atoms with Crippen molar-refractivity contribution in [1.29, 1.82) is 0 Å². The summed E-state index contributed by atoms with van der Waals surface area (Å²) in [5.41, 5.74) is 2.18. The number of nitro benzene ring substituents is 1. The lowest BCUT2D eigenvalue weighted by atomic mass is 9.92. The van der Waals surface area contributed by atoms with Crippen LogP contribution < -0.4 is 4.74 Å². The zero-order valence-corrected chi connectivity index (χ0v) is 11.0. The summed E-state index contributed by atoms with van der Waals surface area (Å²) < 4.78 is 5.85. The van der Waals surface area contributed by atoms with Crippen LogP contribution in [0.15, 0.2) is 0 Å². The van der Waals surface area contributed by atoms with Crippen molar-refractivity contribution in [2.24, 2.45) is 0 Å². The maximum Gasteiger partial charge on any atom is 0.278 e. The van der Waals surface area contributed by atoms with E-state index in [0.717, 1.165) is 11.1 Å². The number of hydrogen-bond acceptors (Lipinski definition) is 4. The Morgan fingerprint density at radius 1 is 1.39 bits per heavy atom. The highest BCUT2D eigenvalue weighted by Gasteiger charge is 2.37. The van der Waals surface area contributed by atoms with Crippen LogP contribution in [0.25, 0.3) is 0 Å². The molecule has 0 atom stereocenters. The Bertz CT molecular complexity index is 535. The number of fused-ring (bicyclic) bond motifs is 1. The van der Waals surface area contributed by atoms with Crippen LogP contribution in [0.1, 0.15) is 36.1 Å². The van der Waals surface area contributed by atoms with Gasteiger partial charge in [-0.1, -0.05) is 0 Å². The van der Waals surface area contributed by atoms with E-state index < -0.39 is 4.92 Å². The SMILES string of the molecule is Cc1c(C)c([N+](=O)[O-])c(CO)c2c1OC(C)(C)C2. The maximum atomic E-state index is 11.2. The van der Waals surface area contributed by atoms with E-state index >= 15 is 0 Å². The molecular formula is C13H17NO4. The second-order valence-electron chi connectivity index (χ2n) is 5.34. The van der Waals surface area contributed by atoms with Gasteiger partial charge in [0, 0.05) is 23.1 Å². The summed E-state index contributed by atoms with van der Waals surface area (Å²) in [6, 6.07) is 0. The van der Waals surface area contributed by atoms with Crippen molar-refractivity contribution in [3.05, 3.63) is 32.4 Å². The third-order valence-electron chi connectivity index (χ3n) is 3.50. The normalized spacial score (nSPS) is 16.3. The number of hydrogen-bond donors (Lipinski definition) is 1. The molecule has 0 saturated carbocycles. The van der Waals surface area contributed by atoms with Crippen LogP contribution in [0.2, 0.25) is 0 Å². The number of rotatable bonds is 2. The molecule has 0 bridgehead atoms. The number of nitro groups is 1. The molecule has 0 fully saturated rings. The Morgan fingerprint density at radius 2 is 2.00 bits per heavy atom. The highest BCUT2D eigenvalue weighted by molar-refractivity contribution is 5.63. The van der Waals surface area contributed by atoms with E-state index in [9.17, 15) is 15.2 Å². The summed E-state index contributed by atoms with van der Waals surface area (Å²) in [4.78, 5) is 10.8. The highest BCUT2D eigenvalue weighted by Crippen LogP contribution is 2.45. The fourth-order valence-electron chi connectivity index (χ4n) is 2.56. The predicted molar refractivity (Wildman–Crippen MR) is 66.9 cm³/mol. The summed E-state index contributed by atoms with van der Waals surface area (Å²) in [6.07, 6.45) is 0.584. The number of benzene rings is 1. The minimum atomic E-state index is -0.417. The van der Waals surface area contributed by atoms with Gasteiger partial charge >= 0.3 is 0 Å². The molecule has 0 amide bonds. The first-order valence-electron chi connectivity index (χ1n) is 5.87. The number of aliphatic hydroxyl groups is 1. The zero-order valence-electron chi connectivity index (χ0n) is 11.0. The van der Waals surface area contributed by atoms with Gasteiger partial charge in [-0.3, -0.25) is 10.1 Å². The van der Waals surface area contributed by atoms with Gasteiger partial charge in [-0.2, -0.15) is 0 Å². The van der Waals surface area contributed by atoms with E-state index in [1.54, 1.807) is 6.92 Å². The lowest BCUT2D eigenvalue weighted by Gasteiger charge is -2.18. The van der Waals surface area contributed by atoms with Crippen LogP contribution in [-0.2, 0) is 13.0 Å². The van der Waals surface area contributed by atoms with Crippen molar-refractivity contribution in [3.8, 4) is 5.75 Å². The van der Waals surface area contributed by atoms with Crippen LogP contribution in [0, 0.1) is 24.0 Å². The van der Waals surface area contributed by atoms with E-state index in [-0.39, 0.29) is 17.9 Å². The maximum absolute atomic E-state index is 11.2. The van der Waals surface area contributed by atoms with Gasteiger partial charge in [-0.15, -0.1) is 0 Å². The van der Waals surface area contributed by atoms with E-state index in [4.69, 9.17) is 4.74 Å². The second kappa shape index (κ2) is 3.95. The van der Waals surface area contributed by atoms with Gasteiger partial charge in [0.15, 0.2) is 0 Å². The van der Waals surface area contributed by atoms with Crippen molar-refractivity contribution in [3.63, 3.8) is 0 Å². The van der Waals surface area contributed by atoms with Crippen LogP contribution in [0.4, 0.5) is 5.69 Å². The predicted octanol–water partition coefficient (Wildman–Crippen LogP) is 2.42. The molecule has 1 aromatic rings. The third kappa shape index (κ3) is 1.75. The van der Waals surface area contributed by atoms with E-state index in [1.165, 1.54) is 0 Å². The molecule has 1 N–H and O–H groups in total. The lowest BCUT2D eigenvalue weighted by Crippen LogP contribution is -2.25. The molecule has 5 heteroatoms. The molecule has 98 valence electrons. The quantitative estimate of drug-likeness (QED) is 0.647. The first kappa shape index (κ1) is 12.8. The molecule has 0 radical (unpaired) electrons. The van der Waals surface area contributed by atoms with Gasteiger partial charge in [-0.25, -0.2) is 0 Å². The Labute approximate surface area is 106 Å².